The van der Waals surface area contributed by atoms with Crippen LogP contribution in [0.5, 0.6) is 0 Å². The van der Waals surface area contributed by atoms with Crippen LogP contribution in [0.2, 0.25) is 0 Å². The minimum atomic E-state index is -4.57. The molecule has 30 heavy (non-hydrogen) atoms. The van der Waals surface area contributed by atoms with Gasteiger partial charge in [-0.2, -0.15) is 26.3 Å². The third-order valence-electron chi connectivity index (χ3n) is 4.16. The molecule has 2 aromatic carbocycles. The van der Waals surface area contributed by atoms with Crippen LogP contribution in [0.25, 0.3) is 0 Å². The molecular weight excluding hydrogens is 416 g/mol. The first kappa shape index (κ1) is 23.2. The Kier molecular flexibility index (Phi) is 7.12. The highest BCUT2D eigenvalue weighted by atomic mass is 19.4. The van der Waals surface area contributed by atoms with Crippen molar-refractivity contribution in [3.63, 3.8) is 0 Å². The molecule has 4 nitrogen and oxygen atoms in total. The monoisotopic (exact) mass is 433 g/mol. The average Bonchev–Trinajstić information content (AvgIpc) is 2.66. The van der Waals surface area contributed by atoms with E-state index in [1.807, 2.05) is 0 Å². The predicted octanol–water partition coefficient (Wildman–Crippen LogP) is 4.17. The number of ether oxygens (including phenoxy) is 1. The minimum Gasteiger partial charge on any atom is -0.467 e. The summed E-state index contributed by atoms with van der Waals surface area (Å²) in [5, 5.41) is 2.35. The zero-order valence-corrected chi connectivity index (χ0v) is 15.6. The van der Waals surface area contributed by atoms with Gasteiger partial charge in [0.2, 0.25) is 5.91 Å². The van der Waals surface area contributed by atoms with Gasteiger partial charge in [0.25, 0.3) is 0 Å². The van der Waals surface area contributed by atoms with E-state index in [-0.39, 0.29) is 24.0 Å². The van der Waals surface area contributed by atoms with Crippen LogP contribution in [0, 0.1) is 0 Å². The molecule has 0 saturated carbocycles. The molecule has 2 rings (SSSR count). The van der Waals surface area contributed by atoms with Crippen molar-refractivity contribution in [2.24, 2.45) is 0 Å². The highest BCUT2D eigenvalue weighted by Crippen LogP contribution is 2.30. The van der Waals surface area contributed by atoms with Crippen molar-refractivity contribution in [1.82, 2.24) is 5.32 Å². The highest BCUT2D eigenvalue weighted by molar-refractivity contribution is 5.85. The van der Waals surface area contributed by atoms with Crippen LogP contribution < -0.4 is 5.32 Å². The summed E-state index contributed by atoms with van der Waals surface area (Å²) in [6.07, 6.45) is -9.66. The maximum atomic E-state index is 12.9. The number of carbonyl (C=O) groups excluding carboxylic acids is 2. The largest absolute Gasteiger partial charge is 0.467 e. The smallest absolute Gasteiger partial charge is 0.416 e. The molecule has 0 bridgehead atoms. The van der Waals surface area contributed by atoms with Crippen LogP contribution >= 0.6 is 0 Å². The first-order valence-corrected chi connectivity index (χ1v) is 8.59. The van der Waals surface area contributed by atoms with Crippen LogP contribution in [-0.2, 0) is 39.5 Å². The zero-order chi connectivity index (χ0) is 22.5. The van der Waals surface area contributed by atoms with Gasteiger partial charge >= 0.3 is 18.3 Å². The van der Waals surface area contributed by atoms with Crippen LogP contribution in [0.3, 0.4) is 0 Å². The lowest BCUT2D eigenvalue weighted by Crippen LogP contribution is -2.43. The Bertz CT molecular complexity index is 891. The molecule has 2 aromatic rings. The molecule has 0 unspecified atom stereocenters. The summed E-state index contributed by atoms with van der Waals surface area (Å²) < 4.78 is 80.9. The normalized spacial score (nSPS) is 12.9. The van der Waals surface area contributed by atoms with Gasteiger partial charge < -0.3 is 10.1 Å². The number of carbonyl (C=O) groups is 2. The van der Waals surface area contributed by atoms with E-state index in [2.05, 4.69) is 10.1 Å². The molecule has 1 amide bonds. The van der Waals surface area contributed by atoms with Crippen LogP contribution in [0.4, 0.5) is 26.3 Å². The van der Waals surface area contributed by atoms with Crippen LogP contribution in [-0.4, -0.2) is 25.0 Å². The second-order valence-electron chi connectivity index (χ2n) is 6.42. The predicted molar refractivity (Wildman–Crippen MR) is 94.2 cm³/mol. The van der Waals surface area contributed by atoms with E-state index in [1.54, 1.807) is 0 Å². The summed E-state index contributed by atoms with van der Waals surface area (Å²) in [6.45, 7) is 0. The van der Waals surface area contributed by atoms with Gasteiger partial charge in [0.1, 0.15) is 6.04 Å². The first-order valence-electron chi connectivity index (χ1n) is 8.59. The van der Waals surface area contributed by atoms with Crippen molar-refractivity contribution in [2.75, 3.05) is 7.11 Å². The Hall–Kier alpha value is -3.04. The number of rotatable bonds is 6. The fraction of sp³-hybridized carbons (Fsp3) is 0.300. The molecule has 0 aromatic heterocycles. The average molecular weight is 433 g/mol. The van der Waals surface area contributed by atoms with Gasteiger partial charge in [-0.15, -0.1) is 0 Å². The summed E-state index contributed by atoms with van der Waals surface area (Å²) in [4.78, 5) is 24.2. The van der Waals surface area contributed by atoms with Gasteiger partial charge in [0.05, 0.1) is 24.7 Å². The summed E-state index contributed by atoms with van der Waals surface area (Å²) in [7, 11) is 1.06. The number of esters is 1. The SMILES string of the molecule is COC(=O)[C@H](Cc1cccc(C(F)(F)F)c1)NC(=O)Cc1ccc(C(F)(F)F)cc1. The van der Waals surface area contributed by atoms with Crippen molar-refractivity contribution in [3.8, 4) is 0 Å². The van der Waals surface area contributed by atoms with Crippen molar-refractivity contribution in [3.05, 3.63) is 70.8 Å². The van der Waals surface area contributed by atoms with Gasteiger partial charge in [0, 0.05) is 6.42 Å². The summed E-state index contributed by atoms with van der Waals surface area (Å²) in [5.41, 5.74) is -1.36. The van der Waals surface area contributed by atoms with Gasteiger partial charge in [0.15, 0.2) is 0 Å². The molecule has 0 saturated heterocycles. The van der Waals surface area contributed by atoms with Crippen molar-refractivity contribution < 1.29 is 40.7 Å². The molecule has 1 N–H and O–H groups in total. The molecule has 0 aliphatic rings. The Morgan fingerprint density at radius 2 is 1.50 bits per heavy atom. The maximum Gasteiger partial charge on any atom is 0.416 e. The standard InChI is InChI=1S/C20H17F6NO3/c1-30-18(29)16(10-13-3-2-4-15(9-13)20(24,25)26)27-17(28)11-12-5-7-14(8-6-12)19(21,22)23/h2-9,16H,10-11H2,1H3,(H,27,28)/t16-/m0/s1. The summed E-state index contributed by atoms with van der Waals surface area (Å²) in [6, 6.07) is 6.92. The summed E-state index contributed by atoms with van der Waals surface area (Å²) >= 11 is 0. The Morgan fingerprint density at radius 1 is 0.900 bits per heavy atom. The van der Waals surface area contributed by atoms with Crippen LogP contribution in [0.1, 0.15) is 22.3 Å². The van der Waals surface area contributed by atoms with Gasteiger partial charge in [-0.25, -0.2) is 4.79 Å². The lowest BCUT2D eigenvalue weighted by Gasteiger charge is -2.17. The highest BCUT2D eigenvalue weighted by Gasteiger charge is 2.31. The third-order valence-corrected chi connectivity index (χ3v) is 4.16. The number of hydrogen-bond acceptors (Lipinski definition) is 3. The topological polar surface area (TPSA) is 55.4 Å². The van der Waals surface area contributed by atoms with E-state index in [0.717, 1.165) is 43.5 Å². The van der Waals surface area contributed by atoms with Crippen molar-refractivity contribution in [2.45, 2.75) is 31.2 Å². The second-order valence-corrected chi connectivity index (χ2v) is 6.42. The second kappa shape index (κ2) is 9.19. The fourth-order valence-electron chi connectivity index (χ4n) is 2.69. The molecule has 0 spiro atoms. The van der Waals surface area contributed by atoms with E-state index in [4.69, 9.17) is 0 Å². The van der Waals surface area contributed by atoms with E-state index in [0.29, 0.717) is 0 Å². The maximum absolute atomic E-state index is 12.9. The number of amides is 1. The zero-order valence-electron chi connectivity index (χ0n) is 15.6. The Labute approximate surface area is 167 Å². The number of benzene rings is 2. The quantitative estimate of drug-likeness (QED) is 0.550. The number of halogens is 6. The van der Waals surface area contributed by atoms with Gasteiger partial charge in [-0.05, 0) is 29.3 Å². The number of alkyl halides is 6. The Morgan fingerprint density at radius 3 is 2.03 bits per heavy atom. The van der Waals surface area contributed by atoms with Crippen LogP contribution in [0.15, 0.2) is 48.5 Å². The molecule has 0 aliphatic carbocycles. The summed E-state index contributed by atoms with van der Waals surface area (Å²) in [5.74, 6) is -1.56. The fourth-order valence-corrected chi connectivity index (χ4v) is 2.69. The number of hydrogen-bond donors (Lipinski definition) is 1. The Balaban J connectivity index is 2.09. The molecule has 162 valence electrons. The molecule has 0 aliphatic heterocycles. The number of nitrogens with one attached hydrogen (secondary N) is 1. The van der Waals surface area contributed by atoms with E-state index < -0.39 is 41.4 Å². The van der Waals surface area contributed by atoms with Gasteiger partial charge in [-0.1, -0.05) is 30.3 Å². The lowest BCUT2D eigenvalue weighted by atomic mass is 10.0. The van der Waals surface area contributed by atoms with E-state index in [1.165, 1.54) is 12.1 Å². The molecule has 0 heterocycles. The third kappa shape index (κ3) is 6.50. The van der Waals surface area contributed by atoms with Gasteiger partial charge in [-0.3, -0.25) is 4.79 Å². The molecule has 10 heteroatoms. The van der Waals surface area contributed by atoms with Crippen molar-refractivity contribution >= 4 is 11.9 Å². The number of methoxy groups -OCH3 is 1. The molecule has 0 radical (unpaired) electrons. The molecule has 1 atom stereocenters. The lowest BCUT2D eigenvalue weighted by molar-refractivity contribution is -0.145. The molecular formula is C20H17F6NO3. The van der Waals surface area contributed by atoms with E-state index >= 15 is 0 Å². The van der Waals surface area contributed by atoms with E-state index in [9.17, 15) is 35.9 Å². The van der Waals surface area contributed by atoms with Crippen molar-refractivity contribution in [1.29, 1.82) is 0 Å². The molecule has 0 fully saturated rings. The first-order chi connectivity index (χ1) is 13.9. The minimum absolute atomic E-state index is 0.148.